The summed E-state index contributed by atoms with van der Waals surface area (Å²) in [5.41, 5.74) is 1.13. The normalized spacial score (nSPS) is 8.80. The molecule has 0 radical (unpaired) electrons. The Bertz CT molecular complexity index is 245. The van der Waals surface area contributed by atoms with Gasteiger partial charge in [-0.15, -0.1) is 0 Å². The standard InChI is InChI=1S/C8H7BrN/c1-10-6-7-2-4-8(9)5-3-7/h1-5H,6H2/q+1. The molecule has 0 amide bonds. The summed E-state index contributed by atoms with van der Waals surface area (Å²) in [5.74, 6) is 0. The molecule has 0 fully saturated rings. The Morgan fingerprint density at radius 3 is 2.40 bits per heavy atom. The lowest BCUT2D eigenvalue weighted by molar-refractivity contribution is 1.27. The fourth-order valence-electron chi connectivity index (χ4n) is 0.695. The van der Waals surface area contributed by atoms with Crippen LogP contribution in [0.5, 0.6) is 0 Å². The SMILES string of the molecule is C#[N+]Cc1ccc(Br)cc1. The van der Waals surface area contributed by atoms with Gasteiger partial charge in [-0.05, 0) is 12.1 Å². The van der Waals surface area contributed by atoms with Gasteiger partial charge in [-0.1, -0.05) is 32.9 Å². The maximum atomic E-state index is 5.01. The molecule has 1 aromatic carbocycles. The van der Waals surface area contributed by atoms with Gasteiger partial charge in [-0.2, -0.15) is 0 Å². The molecule has 0 aliphatic heterocycles. The topological polar surface area (TPSA) is 4.36 Å². The second-order valence-corrected chi connectivity index (χ2v) is 2.88. The molecule has 0 saturated carbocycles. The zero-order chi connectivity index (χ0) is 7.40. The highest BCUT2D eigenvalue weighted by Gasteiger charge is 1.94. The van der Waals surface area contributed by atoms with E-state index >= 15 is 0 Å². The van der Waals surface area contributed by atoms with Crippen LogP contribution in [-0.2, 0) is 6.54 Å². The molecule has 0 heterocycles. The summed E-state index contributed by atoms with van der Waals surface area (Å²) in [6.45, 7) is 5.60. The molecule has 0 aromatic heterocycles. The molecule has 1 aromatic rings. The minimum absolute atomic E-state index is 0.591. The molecule has 0 aliphatic carbocycles. The van der Waals surface area contributed by atoms with Gasteiger partial charge in [0.25, 0.3) is 13.1 Å². The Morgan fingerprint density at radius 1 is 1.30 bits per heavy atom. The molecule has 0 unspecified atom stereocenters. The zero-order valence-electron chi connectivity index (χ0n) is 5.42. The Kier molecular flexibility index (Phi) is 2.47. The first-order valence-corrected chi connectivity index (χ1v) is 3.73. The maximum Gasteiger partial charge on any atom is 0.288 e. The van der Waals surface area contributed by atoms with Crippen LogP contribution in [-0.4, -0.2) is 0 Å². The first kappa shape index (κ1) is 7.30. The van der Waals surface area contributed by atoms with Crippen LogP contribution in [0.2, 0.25) is 0 Å². The fourth-order valence-corrected chi connectivity index (χ4v) is 0.960. The lowest BCUT2D eigenvalue weighted by Crippen LogP contribution is -1.76. The van der Waals surface area contributed by atoms with Crippen molar-refractivity contribution in [1.82, 2.24) is 0 Å². The van der Waals surface area contributed by atoms with Crippen LogP contribution >= 0.6 is 15.9 Å². The van der Waals surface area contributed by atoms with Crippen molar-refractivity contribution in [1.29, 1.82) is 0 Å². The molecule has 0 aliphatic rings. The van der Waals surface area contributed by atoms with Crippen molar-refractivity contribution in [3.05, 3.63) is 39.1 Å². The van der Waals surface area contributed by atoms with E-state index in [1.165, 1.54) is 0 Å². The first-order valence-electron chi connectivity index (χ1n) is 2.94. The quantitative estimate of drug-likeness (QED) is 0.651. The highest BCUT2D eigenvalue weighted by atomic mass is 79.9. The smallest absolute Gasteiger partial charge is 0.0817 e. The lowest BCUT2D eigenvalue weighted by atomic mass is 10.2. The number of benzene rings is 1. The average Bonchev–Trinajstić information content (AvgIpc) is 1.95. The second-order valence-electron chi connectivity index (χ2n) is 1.97. The monoisotopic (exact) mass is 196 g/mol. The Labute approximate surface area is 68.6 Å². The molecule has 1 nitrogen and oxygen atoms in total. The maximum absolute atomic E-state index is 5.01. The lowest BCUT2D eigenvalue weighted by Gasteiger charge is -1.88. The van der Waals surface area contributed by atoms with Crippen molar-refractivity contribution < 1.29 is 0 Å². The van der Waals surface area contributed by atoms with Gasteiger partial charge < -0.3 is 0 Å². The molecule has 0 bridgehead atoms. The Hall–Kier alpha value is -0.810. The molecular weight excluding hydrogens is 190 g/mol. The number of hydrogen-bond acceptors (Lipinski definition) is 0. The van der Waals surface area contributed by atoms with Gasteiger partial charge in [-0.25, -0.2) is 0 Å². The highest BCUT2D eigenvalue weighted by molar-refractivity contribution is 9.10. The van der Waals surface area contributed by atoms with Gasteiger partial charge in [-0.3, -0.25) is 0 Å². The van der Waals surface area contributed by atoms with Crippen LogP contribution in [0, 0.1) is 6.57 Å². The van der Waals surface area contributed by atoms with Crippen LogP contribution in [0.25, 0.3) is 4.85 Å². The second kappa shape index (κ2) is 3.38. The van der Waals surface area contributed by atoms with E-state index in [0.717, 1.165) is 10.0 Å². The predicted octanol–water partition coefficient (Wildman–Crippen LogP) is 2.91. The van der Waals surface area contributed by atoms with Crippen LogP contribution in [0.3, 0.4) is 0 Å². The minimum Gasteiger partial charge on any atom is -0.0817 e. The van der Waals surface area contributed by atoms with Crippen LogP contribution < -0.4 is 0 Å². The minimum atomic E-state index is 0.591. The molecule has 1 rings (SSSR count). The number of halogens is 1. The fraction of sp³-hybridized carbons (Fsp3) is 0.125. The van der Waals surface area contributed by atoms with Crippen molar-refractivity contribution in [3.63, 3.8) is 0 Å². The molecule has 10 heavy (non-hydrogen) atoms. The Morgan fingerprint density at radius 2 is 1.90 bits per heavy atom. The van der Waals surface area contributed by atoms with E-state index in [9.17, 15) is 0 Å². The molecule has 0 N–H and O–H groups in total. The molecule has 0 saturated heterocycles. The summed E-state index contributed by atoms with van der Waals surface area (Å²) in [6, 6.07) is 7.92. The van der Waals surface area contributed by atoms with E-state index < -0.39 is 0 Å². The number of rotatable bonds is 1. The summed E-state index contributed by atoms with van der Waals surface area (Å²) in [6.07, 6.45) is 0. The van der Waals surface area contributed by atoms with Gasteiger partial charge in [0.2, 0.25) is 0 Å². The van der Waals surface area contributed by atoms with Crippen molar-refractivity contribution >= 4 is 15.9 Å². The van der Waals surface area contributed by atoms with E-state index in [-0.39, 0.29) is 0 Å². The third kappa shape index (κ3) is 1.85. The van der Waals surface area contributed by atoms with Crippen LogP contribution in [0.4, 0.5) is 0 Å². The van der Waals surface area contributed by atoms with E-state index in [1.807, 2.05) is 24.3 Å². The van der Waals surface area contributed by atoms with Crippen molar-refractivity contribution in [2.24, 2.45) is 0 Å². The van der Waals surface area contributed by atoms with Crippen molar-refractivity contribution in [2.45, 2.75) is 6.54 Å². The van der Waals surface area contributed by atoms with Crippen molar-refractivity contribution in [3.8, 4) is 6.57 Å². The van der Waals surface area contributed by atoms with Gasteiger partial charge in [0.05, 0.1) is 0 Å². The van der Waals surface area contributed by atoms with E-state index in [2.05, 4.69) is 20.8 Å². The average molecular weight is 197 g/mol. The zero-order valence-corrected chi connectivity index (χ0v) is 7.01. The van der Waals surface area contributed by atoms with Gasteiger partial charge >= 0.3 is 0 Å². The van der Waals surface area contributed by atoms with Crippen LogP contribution in [0.1, 0.15) is 5.56 Å². The molecule has 0 spiro atoms. The van der Waals surface area contributed by atoms with E-state index in [0.29, 0.717) is 6.54 Å². The summed E-state index contributed by atoms with van der Waals surface area (Å²) < 4.78 is 1.08. The van der Waals surface area contributed by atoms with Gasteiger partial charge in [0, 0.05) is 10.0 Å². The third-order valence-corrected chi connectivity index (χ3v) is 1.72. The molecule has 0 atom stereocenters. The van der Waals surface area contributed by atoms with Crippen LogP contribution in [0.15, 0.2) is 28.7 Å². The number of hydrogen-bond donors (Lipinski definition) is 0. The van der Waals surface area contributed by atoms with E-state index in [4.69, 9.17) is 6.57 Å². The summed E-state index contributed by atoms with van der Waals surface area (Å²) >= 11 is 3.33. The Balaban J connectivity index is 2.81. The largest absolute Gasteiger partial charge is 0.288 e. The highest BCUT2D eigenvalue weighted by Crippen LogP contribution is 2.10. The molecule has 2 heteroatoms. The third-order valence-electron chi connectivity index (χ3n) is 1.19. The van der Waals surface area contributed by atoms with Gasteiger partial charge in [0.1, 0.15) is 0 Å². The van der Waals surface area contributed by atoms with E-state index in [1.54, 1.807) is 0 Å². The first-order chi connectivity index (χ1) is 4.83. The summed E-state index contributed by atoms with van der Waals surface area (Å²) in [4.78, 5) is 3.52. The predicted molar refractivity (Wildman–Crippen MR) is 46.2 cm³/mol. The number of nitrogens with zero attached hydrogens (tertiary/aromatic N) is 1. The van der Waals surface area contributed by atoms with Gasteiger partial charge in [0.15, 0.2) is 0 Å². The molecule has 50 valence electrons. The summed E-state index contributed by atoms with van der Waals surface area (Å²) in [5, 5.41) is 0. The summed E-state index contributed by atoms with van der Waals surface area (Å²) in [7, 11) is 0. The van der Waals surface area contributed by atoms with Crippen molar-refractivity contribution in [2.75, 3.05) is 0 Å². The molecular formula is C8H7BrN+.